The molecule has 0 aliphatic rings. The first-order valence-corrected chi connectivity index (χ1v) is 15.5. The molecular weight excluding hydrogens is 1050 g/mol. The maximum Gasteiger partial charge on any atom is 0.158 e. The normalized spacial score (nSPS) is 11.0. The van der Waals surface area contributed by atoms with Gasteiger partial charge in [0.25, 0.3) is 0 Å². The number of benzene rings is 3. The van der Waals surface area contributed by atoms with E-state index in [4.69, 9.17) is 9.47 Å². The van der Waals surface area contributed by atoms with Gasteiger partial charge >= 0.3 is 0 Å². The topological polar surface area (TPSA) is 18.5 Å². The Labute approximate surface area is 256 Å². The second-order valence-electron chi connectivity index (χ2n) is 5.45. The Hall–Kier alpha value is 2.06. The lowest BCUT2D eigenvalue weighted by atomic mass is 10.3. The molecule has 0 aliphatic heterocycles. The number of hydrogen-bond acceptors (Lipinski definition) is 2. The monoisotopic (exact) mass is 1040 g/mol. The van der Waals surface area contributed by atoms with Gasteiger partial charge in [0.1, 0.15) is 5.75 Å². The third-order valence-electron chi connectivity index (χ3n) is 3.61. The highest BCUT2D eigenvalue weighted by atomic mass is 79.9. The van der Waals surface area contributed by atoms with Gasteiger partial charge in [-0.25, -0.2) is 0 Å². The van der Waals surface area contributed by atoms with E-state index in [-0.39, 0.29) is 0 Å². The van der Waals surface area contributed by atoms with Crippen molar-refractivity contribution in [3.63, 3.8) is 0 Å². The molecule has 3 aromatic rings. The summed E-state index contributed by atoms with van der Waals surface area (Å²) in [6.45, 7) is 0. The van der Waals surface area contributed by atoms with E-state index in [1.54, 1.807) is 0 Å². The van der Waals surface area contributed by atoms with Crippen molar-refractivity contribution in [1.82, 2.24) is 0 Å². The van der Waals surface area contributed by atoms with Crippen LogP contribution in [0, 0.1) is 0 Å². The molecule has 0 radical (unpaired) electrons. The van der Waals surface area contributed by atoms with Crippen LogP contribution in [-0.4, -0.2) is 0 Å². The highest BCUT2D eigenvalue weighted by Gasteiger charge is 2.26. The third-order valence-corrected chi connectivity index (χ3v) is 14.4. The molecule has 30 heavy (non-hydrogen) atoms. The average Bonchev–Trinajstić information content (AvgIpc) is 2.73. The largest absolute Gasteiger partial charge is 0.454 e. The zero-order valence-corrected chi connectivity index (χ0v) is 29.8. The van der Waals surface area contributed by atoms with Crippen molar-refractivity contribution in [2.45, 2.75) is 0 Å². The van der Waals surface area contributed by atoms with Gasteiger partial charge in [0, 0.05) is 4.47 Å². The van der Waals surface area contributed by atoms with E-state index in [2.05, 4.69) is 159 Å². The maximum absolute atomic E-state index is 6.32. The fourth-order valence-electron chi connectivity index (χ4n) is 2.18. The molecule has 0 spiro atoms. The van der Waals surface area contributed by atoms with Crippen molar-refractivity contribution in [3.8, 4) is 23.0 Å². The van der Waals surface area contributed by atoms with Crippen molar-refractivity contribution in [3.05, 3.63) is 69.0 Å². The highest BCUT2D eigenvalue weighted by molar-refractivity contribution is 9.16. The van der Waals surface area contributed by atoms with E-state index in [0.29, 0.717) is 40.9 Å². The van der Waals surface area contributed by atoms with Crippen molar-refractivity contribution in [2.24, 2.45) is 0 Å². The van der Waals surface area contributed by atoms with Gasteiger partial charge in [0.05, 0.1) is 40.3 Å². The lowest BCUT2D eigenvalue weighted by molar-refractivity contribution is 0.454. The summed E-state index contributed by atoms with van der Waals surface area (Å²) >= 11 is 35.8. The molecule has 3 aromatic carbocycles. The zero-order chi connectivity index (χ0) is 22.3. The molecule has 0 amide bonds. The van der Waals surface area contributed by atoms with Crippen molar-refractivity contribution < 1.29 is 9.47 Å². The lowest BCUT2D eigenvalue weighted by Crippen LogP contribution is -1.96. The molecule has 0 aromatic heterocycles. The molecule has 0 N–H and O–H groups in total. The molecule has 0 unspecified atom stereocenters. The summed E-state index contributed by atoms with van der Waals surface area (Å²) < 4.78 is 20.0. The second kappa shape index (κ2) is 11.2. The van der Waals surface area contributed by atoms with Crippen LogP contribution in [0.3, 0.4) is 0 Å². The Morgan fingerprint density at radius 1 is 0.400 bits per heavy atom. The Morgan fingerprint density at radius 3 is 1.17 bits per heavy atom. The number of halogens is 10. The number of rotatable bonds is 4. The molecule has 3 rings (SSSR count). The Bertz CT molecular complexity index is 1100. The molecule has 0 atom stereocenters. The first-order chi connectivity index (χ1) is 14.1. The molecule has 0 heterocycles. The summed E-state index contributed by atoms with van der Waals surface area (Å²) in [6, 6.07) is 7.62. The van der Waals surface area contributed by atoms with Gasteiger partial charge in [-0.15, -0.1) is 0 Å². The summed E-state index contributed by atoms with van der Waals surface area (Å²) in [4.78, 5) is 0. The van der Waals surface area contributed by atoms with Crippen LogP contribution >= 0.6 is 159 Å². The summed E-state index contributed by atoms with van der Waals surface area (Å²) in [7, 11) is 0. The first-order valence-electron chi connectivity index (χ1n) is 7.53. The number of para-hydroxylation sites is 1. The van der Waals surface area contributed by atoms with E-state index in [1.165, 1.54) is 0 Å². The van der Waals surface area contributed by atoms with Gasteiger partial charge in [-0.2, -0.15) is 0 Å². The average molecular weight is 1050 g/mol. The van der Waals surface area contributed by atoms with Gasteiger partial charge in [0.2, 0.25) is 0 Å². The highest BCUT2D eigenvalue weighted by Crippen LogP contribution is 2.56. The van der Waals surface area contributed by atoms with E-state index in [0.717, 1.165) is 26.8 Å². The predicted molar refractivity (Wildman–Crippen MR) is 156 cm³/mol. The molecule has 2 nitrogen and oxygen atoms in total. The predicted octanol–water partition coefficient (Wildman–Crippen LogP) is 12.9. The third kappa shape index (κ3) is 5.32. The van der Waals surface area contributed by atoms with Crippen molar-refractivity contribution >= 4 is 159 Å². The van der Waals surface area contributed by atoms with Gasteiger partial charge in [-0.05, 0) is 171 Å². The van der Waals surface area contributed by atoms with Gasteiger partial charge in [-0.3, -0.25) is 0 Å². The maximum atomic E-state index is 6.32. The molecule has 0 saturated heterocycles. The molecule has 0 bridgehead atoms. The fraction of sp³-hybridized carbons (Fsp3) is 0. The van der Waals surface area contributed by atoms with Crippen LogP contribution in [0.4, 0.5) is 0 Å². The van der Waals surface area contributed by atoms with Gasteiger partial charge in [-0.1, -0.05) is 12.1 Å². The fourth-order valence-corrected chi connectivity index (χ4v) is 8.09. The SMILES string of the molecule is Brc1ccccc1Oc1c(Br)c(Br)c(Oc2c(Br)c(Br)c(Br)c(Br)c2Br)c(Br)c1Br. The first kappa shape index (κ1) is 26.7. The smallest absolute Gasteiger partial charge is 0.158 e. The quantitative estimate of drug-likeness (QED) is 0.192. The Morgan fingerprint density at radius 2 is 0.733 bits per heavy atom. The van der Waals surface area contributed by atoms with Crippen LogP contribution in [0.5, 0.6) is 23.0 Å². The standard InChI is InChI=1S/C18H4Br10O2/c19-5-3-1-2-4-6(5)29-16-12(25)14(27)18(15(28)13(16)26)30-17-10(23)8(21)7(20)9(22)11(17)24/h1-4H. The van der Waals surface area contributed by atoms with E-state index < -0.39 is 0 Å². The summed E-state index contributed by atoms with van der Waals surface area (Å²) in [6.07, 6.45) is 0. The van der Waals surface area contributed by atoms with Crippen LogP contribution in [0.15, 0.2) is 69.0 Å². The van der Waals surface area contributed by atoms with Crippen molar-refractivity contribution in [1.29, 1.82) is 0 Å². The molecule has 12 heteroatoms. The molecule has 0 saturated carbocycles. The van der Waals surface area contributed by atoms with Crippen LogP contribution in [0.2, 0.25) is 0 Å². The minimum absolute atomic E-state index is 0.552. The molecule has 0 fully saturated rings. The Kier molecular flexibility index (Phi) is 9.95. The van der Waals surface area contributed by atoms with E-state index in [1.807, 2.05) is 24.3 Å². The molecule has 0 aliphatic carbocycles. The van der Waals surface area contributed by atoms with Crippen LogP contribution in [0.1, 0.15) is 0 Å². The Balaban J connectivity index is 2.13. The lowest BCUT2D eigenvalue weighted by Gasteiger charge is -2.20. The second-order valence-corrected chi connectivity index (χ2v) is 13.4. The van der Waals surface area contributed by atoms with E-state index >= 15 is 0 Å². The van der Waals surface area contributed by atoms with Gasteiger partial charge < -0.3 is 9.47 Å². The van der Waals surface area contributed by atoms with Crippen LogP contribution in [0.25, 0.3) is 0 Å². The summed E-state index contributed by atoms with van der Waals surface area (Å²) in [5.74, 6) is 2.40. The summed E-state index contributed by atoms with van der Waals surface area (Å²) in [5.41, 5.74) is 0. The van der Waals surface area contributed by atoms with E-state index in [9.17, 15) is 0 Å². The van der Waals surface area contributed by atoms with Gasteiger partial charge in [0.15, 0.2) is 17.2 Å². The molecular formula is C18H4Br10O2. The van der Waals surface area contributed by atoms with Crippen molar-refractivity contribution in [2.75, 3.05) is 0 Å². The minimum atomic E-state index is 0.552. The summed E-state index contributed by atoms with van der Waals surface area (Å²) in [5, 5.41) is 0. The molecule has 158 valence electrons. The number of ether oxygens (including phenoxy) is 2. The minimum Gasteiger partial charge on any atom is -0.454 e. The van der Waals surface area contributed by atoms with Crippen LogP contribution in [-0.2, 0) is 0 Å². The van der Waals surface area contributed by atoms with Crippen LogP contribution < -0.4 is 9.47 Å². The zero-order valence-electron chi connectivity index (χ0n) is 13.9. The number of hydrogen-bond donors (Lipinski definition) is 0.